The normalized spacial score (nSPS) is 13.2. The Balaban J connectivity index is 1.28. The first kappa shape index (κ1) is 28.8. The Hall–Kier alpha value is -6.18. The lowest BCUT2D eigenvalue weighted by Gasteiger charge is -2.35. The molecule has 9 aromatic rings. The van der Waals surface area contributed by atoms with E-state index in [2.05, 4.69) is 195 Å². The molecular weight excluding hydrogens is 603 g/mol. The molecule has 0 heterocycles. The average molecular weight is 638 g/mol. The molecule has 0 aliphatic heterocycles. The van der Waals surface area contributed by atoms with E-state index < -0.39 is 5.41 Å². The van der Waals surface area contributed by atoms with Crippen LogP contribution in [0.3, 0.4) is 0 Å². The molecule has 236 valence electrons. The quantitative estimate of drug-likeness (QED) is 0.170. The van der Waals surface area contributed by atoms with E-state index >= 15 is 0 Å². The van der Waals surface area contributed by atoms with Crippen LogP contribution >= 0.6 is 0 Å². The fraction of sp³-hybridized carbons (Fsp3) is 0.0612. The first-order valence-corrected chi connectivity index (χ1v) is 17.5. The van der Waals surface area contributed by atoms with E-state index in [1.165, 1.54) is 82.5 Å². The van der Waals surface area contributed by atoms with Crippen molar-refractivity contribution in [3.63, 3.8) is 0 Å². The fourth-order valence-electron chi connectivity index (χ4n) is 8.91. The van der Waals surface area contributed by atoms with Gasteiger partial charge in [-0.2, -0.15) is 0 Å². The number of nitrogens with zero attached hydrogens (tertiary/aromatic N) is 1. The van der Waals surface area contributed by atoms with Gasteiger partial charge in [0, 0.05) is 16.8 Å². The summed E-state index contributed by atoms with van der Waals surface area (Å²) in [5, 5.41) is 7.81. The molecule has 1 nitrogen and oxygen atoms in total. The molecule has 0 unspecified atom stereocenters. The summed E-state index contributed by atoms with van der Waals surface area (Å²) in [7, 11) is 0. The molecule has 0 radical (unpaired) electrons. The predicted molar refractivity (Wildman–Crippen MR) is 212 cm³/mol. The number of hydrogen-bond acceptors (Lipinski definition) is 1. The van der Waals surface area contributed by atoms with Crippen molar-refractivity contribution in [3.05, 3.63) is 209 Å². The first-order valence-electron chi connectivity index (χ1n) is 17.5. The van der Waals surface area contributed by atoms with Crippen molar-refractivity contribution >= 4 is 49.4 Å². The molecule has 1 heteroatoms. The van der Waals surface area contributed by atoms with Gasteiger partial charge in [-0.25, -0.2) is 0 Å². The van der Waals surface area contributed by atoms with E-state index in [0.717, 1.165) is 11.4 Å². The fourth-order valence-corrected chi connectivity index (χ4v) is 8.91. The van der Waals surface area contributed by atoms with Gasteiger partial charge in [0.05, 0.1) is 11.1 Å². The van der Waals surface area contributed by atoms with Gasteiger partial charge < -0.3 is 4.90 Å². The second-order valence-electron chi connectivity index (χ2n) is 13.8. The van der Waals surface area contributed by atoms with E-state index in [1.54, 1.807) is 0 Å². The smallest absolute Gasteiger partial charge is 0.0714 e. The lowest BCUT2D eigenvalue weighted by molar-refractivity contribution is 0.768. The van der Waals surface area contributed by atoms with Crippen LogP contribution in [0.2, 0.25) is 0 Å². The van der Waals surface area contributed by atoms with Crippen molar-refractivity contribution in [2.45, 2.75) is 19.3 Å². The number of hydrogen-bond donors (Lipinski definition) is 0. The average Bonchev–Trinajstić information content (AvgIpc) is 3.47. The molecule has 0 saturated heterocycles. The number of fused-ring (bicyclic) bond motifs is 3. The molecule has 0 spiro atoms. The Morgan fingerprint density at radius 3 is 1.70 bits per heavy atom. The Bertz CT molecular complexity index is 2690. The minimum Gasteiger partial charge on any atom is -0.310 e. The third-order valence-electron chi connectivity index (χ3n) is 11.1. The van der Waals surface area contributed by atoms with Gasteiger partial charge >= 0.3 is 0 Å². The SMILES string of the molecule is Cc1cccc(N(c2cccc(C3(c4ccccc4)c4ccccc4-c4ccccc43)c2)c2ccc3ccc4c(C)ccc5ccc2c3c54)c1. The van der Waals surface area contributed by atoms with E-state index in [-0.39, 0.29) is 0 Å². The molecule has 50 heavy (non-hydrogen) atoms. The summed E-state index contributed by atoms with van der Waals surface area (Å²) in [6, 6.07) is 65.6. The van der Waals surface area contributed by atoms with Crippen LogP contribution in [0.4, 0.5) is 17.1 Å². The molecule has 1 aliphatic rings. The standard InChI is InChI=1S/C49H35N/c1-32-12-10-16-38(30-32)50(46-29-26-35-24-27-40-33(2)22-23-34-25-28-43(46)48(35)47(34)40)39-17-11-15-37(31-39)49(36-13-4-3-5-14-36)44-20-8-6-18-41(44)42-19-7-9-21-45(42)49/h3-31H,1-2H3. The zero-order valence-electron chi connectivity index (χ0n) is 28.2. The summed E-state index contributed by atoms with van der Waals surface area (Å²) in [5.74, 6) is 0. The maximum atomic E-state index is 2.47. The van der Waals surface area contributed by atoms with Crippen LogP contribution in [-0.4, -0.2) is 0 Å². The van der Waals surface area contributed by atoms with E-state index in [4.69, 9.17) is 0 Å². The largest absolute Gasteiger partial charge is 0.310 e. The summed E-state index contributed by atoms with van der Waals surface area (Å²) in [6.07, 6.45) is 0. The molecule has 0 fully saturated rings. The predicted octanol–water partition coefficient (Wildman–Crippen LogP) is 13.0. The summed E-state index contributed by atoms with van der Waals surface area (Å²) in [4.78, 5) is 2.47. The monoisotopic (exact) mass is 637 g/mol. The van der Waals surface area contributed by atoms with Crippen LogP contribution in [0, 0.1) is 13.8 Å². The highest BCUT2D eigenvalue weighted by Gasteiger charge is 2.46. The highest BCUT2D eigenvalue weighted by molar-refractivity contribution is 6.26. The van der Waals surface area contributed by atoms with Crippen molar-refractivity contribution in [1.29, 1.82) is 0 Å². The third-order valence-corrected chi connectivity index (χ3v) is 11.1. The number of anilines is 3. The molecule has 10 rings (SSSR count). The topological polar surface area (TPSA) is 3.24 Å². The van der Waals surface area contributed by atoms with Gasteiger partial charge in [0.25, 0.3) is 0 Å². The molecule has 0 saturated carbocycles. The van der Waals surface area contributed by atoms with Crippen molar-refractivity contribution in [2.75, 3.05) is 4.90 Å². The van der Waals surface area contributed by atoms with Crippen molar-refractivity contribution in [1.82, 2.24) is 0 Å². The Morgan fingerprint density at radius 2 is 0.980 bits per heavy atom. The van der Waals surface area contributed by atoms with Gasteiger partial charge in [0.15, 0.2) is 0 Å². The minimum absolute atomic E-state index is 0.469. The summed E-state index contributed by atoms with van der Waals surface area (Å²) < 4.78 is 0. The van der Waals surface area contributed by atoms with Crippen LogP contribution in [-0.2, 0) is 5.41 Å². The molecule has 1 aliphatic carbocycles. The third kappa shape index (κ3) is 4.01. The zero-order chi connectivity index (χ0) is 33.4. The lowest BCUT2D eigenvalue weighted by Crippen LogP contribution is -2.28. The molecule has 0 N–H and O–H groups in total. The Kier molecular flexibility index (Phi) is 6.29. The highest BCUT2D eigenvalue weighted by atomic mass is 15.1. The Labute approximate surface area is 293 Å². The summed E-state index contributed by atoms with van der Waals surface area (Å²) >= 11 is 0. The van der Waals surface area contributed by atoms with Gasteiger partial charge in [-0.05, 0) is 116 Å². The number of benzene rings is 9. The lowest BCUT2D eigenvalue weighted by atomic mass is 9.67. The molecule has 0 atom stereocenters. The molecule has 9 aromatic carbocycles. The van der Waals surface area contributed by atoms with Crippen LogP contribution in [0.5, 0.6) is 0 Å². The van der Waals surface area contributed by atoms with Gasteiger partial charge in [0.1, 0.15) is 0 Å². The molecule has 0 aromatic heterocycles. The van der Waals surface area contributed by atoms with Crippen LogP contribution in [0.25, 0.3) is 43.4 Å². The summed E-state index contributed by atoms with van der Waals surface area (Å²) in [6.45, 7) is 4.40. The molecular formula is C49H35N. The summed E-state index contributed by atoms with van der Waals surface area (Å²) in [5.41, 5.74) is 13.3. The second kappa shape index (κ2) is 10.9. The number of aryl methyl sites for hydroxylation is 2. The first-order chi connectivity index (χ1) is 24.6. The maximum Gasteiger partial charge on any atom is 0.0714 e. The van der Waals surface area contributed by atoms with Crippen LogP contribution in [0.1, 0.15) is 33.4 Å². The molecule has 0 amide bonds. The Morgan fingerprint density at radius 1 is 0.420 bits per heavy atom. The van der Waals surface area contributed by atoms with Crippen molar-refractivity contribution < 1.29 is 0 Å². The van der Waals surface area contributed by atoms with E-state index in [0.29, 0.717) is 0 Å². The van der Waals surface area contributed by atoms with Gasteiger partial charge in [0.2, 0.25) is 0 Å². The van der Waals surface area contributed by atoms with Gasteiger partial charge in [-0.1, -0.05) is 146 Å². The van der Waals surface area contributed by atoms with Gasteiger partial charge in [-0.3, -0.25) is 0 Å². The highest BCUT2D eigenvalue weighted by Crippen LogP contribution is 2.56. The van der Waals surface area contributed by atoms with E-state index in [9.17, 15) is 0 Å². The van der Waals surface area contributed by atoms with Crippen molar-refractivity contribution in [3.8, 4) is 11.1 Å². The second-order valence-corrected chi connectivity index (χ2v) is 13.8. The van der Waals surface area contributed by atoms with Crippen LogP contribution < -0.4 is 4.90 Å². The zero-order valence-corrected chi connectivity index (χ0v) is 28.2. The minimum atomic E-state index is -0.469. The van der Waals surface area contributed by atoms with Crippen molar-refractivity contribution in [2.24, 2.45) is 0 Å². The van der Waals surface area contributed by atoms with E-state index in [1.807, 2.05) is 0 Å². The maximum absolute atomic E-state index is 2.47. The molecule has 0 bridgehead atoms. The van der Waals surface area contributed by atoms with Crippen LogP contribution in [0.15, 0.2) is 176 Å². The van der Waals surface area contributed by atoms with Gasteiger partial charge in [-0.15, -0.1) is 0 Å². The number of rotatable bonds is 5.